The molecule has 0 bridgehead atoms. The Kier molecular flexibility index (Phi) is 5.19. The number of morpholine rings is 1. The molecule has 1 rings (SSSR count). The van der Waals surface area contributed by atoms with Gasteiger partial charge in [0.1, 0.15) is 0 Å². The molecule has 0 spiro atoms. The van der Waals surface area contributed by atoms with E-state index in [2.05, 4.69) is 37.5 Å². The molecule has 1 fully saturated rings. The topological polar surface area (TPSA) is 12.5 Å². The maximum atomic E-state index is 5.32. The Bertz CT molecular complexity index is 256. The highest BCUT2D eigenvalue weighted by Crippen LogP contribution is 2.10. The van der Waals surface area contributed by atoms with Crippen LogP contribution >= 0.6 is 0 Å². The van der Waals surface area contributed by atoms with Crippen molar-refractivity contribution in [1.29, 1.82) is 0 Å². The predicted octanol–water partition coefficient (Wildman–Crippen LogP) is 2.74. The van der Waals surface area contributed by atoms with Crippen molar-refractivity contribution in [3.63, 3.8) is 0 Å². The fraction of sp³-hybridized carbons (Fsp3) is 0.538. The maximum absolute atomic E-state index is 5.32. The number of hydrogen-bond donors (Lipinski definition) is 0. The zero-order valence-electron chi connectivity index (χ0n) is 9.83. The van der Waals surface area contributed by atoms with Crippen molar-refractivity contribution in [2.75, 3.05) is 26.3 Å². The molecule has 0 atom stereocenters. The highest BCUT2D eigenvalue weighted by molar-refractivity contribution is 5.17. The zero-order chi connectivity index (χ0) is 11.1. The van der Waals surface area contributed by atoms with Crippen LogP contribution in [0.1, 0.15) is 20.3 Å². The fourth-order valence-electron chi connectivity index (χ4n) is 1.58. The van der Waals surface area contributed by atoms with Gasteiger partial charge in [-0.15, -0.1) is 0 Å². The summed E-state index contributed by atoms with van der Waals surface area (Å²) in [4.78, 5) is 2.33. The molecule has 1 aliphatic rings. The first kappa shape index (κ1) is 12.1. The van der Waals surface area contributed by atoms with E-state index in [0.717, 1.165) is 32.7 Å². The van der Waals surface area contributed by atoms with Gasteiger partial charge in [-0.1, -0.05) is 24.3 Å². The second kappa shape index (κ2) is 6.46. The normalized spacial score (nSPS) is 17.5. The molecule has 0 radical (unpaired) electrons. The van der Waals surface area contributed by atoms with Gasteiger partial charge in [-0.2, -0.15) is 0 Å². The van der Waals surface area contributed by atoms with Gasteiger partial charge in [0.05, 0.1) is 13.2 Å². The van der Waals surface area contributed by atoms with Crippen molar-refractivity contribution in [3.8, 4) is 0 Å². The second-order valence-corrected chi connectivity index (χ2v) is 3.95. The average molecular weight is 207 g/mol. The predicted molar refractivity (Wildman–Crippen MR) is 64.7 cm³/mol. The van der Waals surface area contributed by atoms with E-state index >= 15 is 0 Å². The Morgan fingerprint density at radius 1 is 1.27 bits per heavy atom. The minimum Gasteiger partial charge on any atom is -0.378 e. The summed E-state index contributed by atoms with van der Waals surface area (Å²) in [6.45, 7) is 11.7. The van der Waals surface area contributed by atoms with Crippen molar-refractivity contribution >= 4 is 0 Å². The number of ether oxygens (including phenoxy) is 1. The molecule has 0 N–H and O–H groups in total. The maximum Gasteiger partial charge on any atom is 0.0642 e. The van der Waals surface area contributed by atoms with E-state index in [1.54, 1.807) is 0 Å². The third-order valence-electron chi connectivity index (χ3n) is 2.44. The van der Waals surface area contributed by atoms with Crippen LogP contribution in [0.25, 0.3) is 0 Å². The van der Waals surface area contributed by atoms with Crippen LogP contribution in [0.4, 0.5) is 0 Å². The molecule has 1 heterocycles. The van der Waals surface area contributed by atoms with E-state index < -0.39 is 0 Å². The molecule has 1 saturated heterocycles. The van der Waals surface area contributed by atoms with Crippen LogP contribution in [0.5, 0.6) is 0 Å². The van der Waals surface area contributed by atoms with Gasteiger partial charge in [0.2, 0.25) is 0 Å². The van der Waals surface area contributed by atoms with Crippen molar-refractivity contribution in [3.05, 3.63) is 36.1 Å². The number of rotatable bonds is 4. The molecule has 0 aromatic heterocycles. The monoisotopic (exact) mass is 207 g/mol. The average Bonchev–Trinajstić information content (AvgIpc) is 2.25. The highest BCUT2D eigenvalue weighted by atomic mass is 16.5. The van der Waals surface area contributed by atoms with Gasteiger partial charge in [0, 0.05) is 18.8 Å². The molecule has 0 aliphatic carbocycles. The van der Waals surface area contributed by atoms with Crippen molar-refractivity contribution < 1.29 is 4.74 Å². The van der Waals surface area contributed by atoms with Gasteiger partial charge in [0.15, 0.2) is 0 Å². The molecule has 84 valence electrons. The summed E-state index contributed by atoms with van der Waals surface area (Å²) >= 11 is 0. The van der Waals surface area contributed by atoms with E-state index in [0.29, 0.717) is 0 Å². The minimum atomic E-state index is 0.827. The van der Waals surface area contributed by atoms with Crippen LogP contribution in [0, 0.1) is 0 Å². The largest absolute Gasteiger partial charge is 0.378 e. The van der Waals surface area contributed by atoms with Crippen LogP contribution in [-0.4, -0.2) is 31.2 Å². The lowest BCUT2D eigenvalue weighted by molar-refractivity contribution is 0.0553. The Balaban J connectivity index is 2.52. The van der Waals surface area contributed by atoms with Gasteiger partial charge in [-0.05, 0) is 26.3 Å². The smallest absolute Gasteiger partial charge is 0.0642 e. The van der Waals surface area contributed by atoms with Crippen LogP contribution in [0.15, 0.2) is 36.1 Å². The summed E-state index contributed by atoms with van der Waals surface area (Å²) < 4.78 is 5.32. The fourth-order valence-corrected chi connectivity index (χ4v) is 1.58. The molecule has 0 aromatic rings. The molecular weight excluding hydrogens is 186 g/mol. The standard InChI is InChI=1S/C13H21NO/c1-4-13(7-5-6-12(2)3)14-8-10-15-11-9-14/h4,6-7H,1,5,8-11H2,2-3H3. The first-order chi connectivity index (χ1) is 7.24. The molecule has 2 nitrogen and oxygen atoms in total. The Labute approximate surface area is 92.9 Å². The van der Waals surface area contributed by atoms with E-state index in [1.807, 2.05) is 6.08 Å². The highest BCUT2D eigenvalue weighted by Gasteiger charge is 2.10. The minimum absolute atomic E-state index is 0.827. The zero-order valence-corrected chi connectivity index (χ0v) is 9.83. The molecule has 0 amide bonds. The molecule has 0 saturated carbocycles. The summed E-state index contributed by atoms with van der Waals surface area (Å²) in [5, 5.41) is 0. The molecule has 15 heavy (non-hydrogen) atoms. The summed E-state index contributed by atoms with van der Waals surface area (Å²) in [7, 11) is 0. The van der Waals surface area contributed by atoms with Gasteiger partial charge >= 0.3 is 0 Å². The van der Waals surface area contributed by atoms with E-state index in [9.17, 15) is 0 Å². The van der Waals surface area contributed by atoms with Crippen molar-refractivity contribution in [2.24, 2.45) is 0 Å². The number of hydrogen-bond acceptors (Lipinski definition) is 2. The molecule has 2 heteroatoms. The Hall–Kier alpha value is -1.02. The SMILES string of the molecule is C=CC(=CCC=C(C)C)N1CCOCC1. The molecule has 0 aromatic carbocycles. The summed E-state index contributed by atoms with van der Waals surface area (Å²) in [5.41, 5.74) is 2.59. The van der Waals surface area contributed by atoms with Crippen molar-refractivity contribution in [2.45, 2.75) is 20.3 Å². The molecule has 0 unspecified atom stereocenters. The Morgan fingerprint density at radius 3 is 2.47 bits per heavy atom. The third-order valence-corrected chi connectivity index (χ3v) is 2.44. The van der Waals surface area contributed by atoms with Crippen LogP contribution in [0.2, 0.25) is 0 Å². The Morgan fingerprint density at radius 2 is 1.93 bits per heavy atom. The number of nitrogens with zero attached hydrogens (tertiary/aromatic N) is 1. The lowest BCUT2D eigenvalue weighted by Gasteiger charge is -2.29. The first-order valence-electron chi connectivity index (χ1n) is 5.52. The number of allylic oxidation sites excluding steroid dienone is 4. The van der Waals surface area contributed by atoms with E-state index in [4.69, 9.17) is 4.74 Å². The van der Waals surface area contributed by atoms with Gasteiger partial charge in [-0.25, -0.2) is 0 Å². The molecule has 1 aliphatic heterocycles. The summed E-state index contributed by atoms with van der Waals surface area (Å²) in [5.74, 6) is 0. The second-order valence-electron chi connectivity index (χ2n) is 3.95. The van der Waals surface area contributed by atoms with Crippen LogP contribution in [-0.2, 0) is 4.74 Å². The van der Waals surface area contributed by atoms with E-state index in [1.165, 1.54) is 11.3 Å². The summed E-state index contributed by atoms with van der Waals surface area (Å²) in [6.07, 6.45) is 7.38. The van der Waals surface area contributed by atoms with Gasteiger partial charge in [-0.3, -0.25) is 0 Å². The molecular formula is C13H21NO. The van der Waals surface area contributed by atoms with E-state index in [-0.39, 0.29) is 0 Å². The van der Waals surface area contributed by atoms with Crippen LogP contribution in [0.3, 0.4) is 0 Å². The van der Waals surface area contributed by atoms with Crippen LogP contribution < -0.4 is 0 Å². The first-order valence-corrected chi connectivity index (χ1v) is 5.52. The quantitative estimate of drug-likeness (QED) is 0.519. The summed E-state index contributed by atoms with van der Waals surface area (Å²) in [6, 6.07) is 0. The van der Waals surface area contributed by atoms with Crippen molar-refractivity contribution in [1.82, 2.24) is 4.90 Å². The van der Waals surface area contributed by atoms with Gasteiger partial charge < -0.3 is 9.64 Å². The lowest BCUT2D eigenvalue weighted by Crippen LogP contribution is -2.35. The lowest BCUT2D eigenvalue weighted by atomic mass is 10.2. The third kappa shape index (κ3) is 4.34. The van der Waals surface area contributed by atoms with Gasteiger partial charge in [0.25, 0.3) is 0 Å².